The Bertz CT molecular complexity index is 539. The normalized spacial score (nSPS) is 19.9. The number of anilines is 1. The predicted octanol–water partition coefficient (Wildman–Crippen LogP) is 1.03. The molecule has 0 saturated carbocycles. The fraction of sp³-hybridized carbons (Fsp3) is 0.600. The minimum atomic E-state index is -1.55. The number of primary amides is 1. The predicted molar refractivity (Wildman–Crippen MR) is 80.5 cm³/mol. The van der Waals surface area contributed by atoms with E-state index in [1.54, 1.807) is 6.07 Å². The third-order valence-corrected chi connectivity index (χ3v) is 3.70. The van der Waals surface area contributed by atoms with Gasteiger partial charge in [-0.25, -0.2) is 4.39 Å². The van der Waals surface area contributed by atoms with Crippen molar-refractivity contribution in [3.8, 4) is 0 Å². The molecule has 1 aromatic rings. The number of carbonyl (C=O) groups excluding carboxylic acids is 1. The Kier molecular flexibility index (Phi) is 4.97. The molecule has 0 aliphatic carbocycles. The molecule has 0 spiro atoms. The van der Waals surface area contributed by atoms with Gasteiger partial charge in [0.25, 0.3) is 5.91 Å². The molecule has 2 heterocycles. The summed E-state index contributed by atoms with van der Waals surface area (Å²) in [6, 6.07) is 1.72. The number of pyridine rings is 1. The molecule has 1 aromatic heterocycles. The van der Waals surface area contributed by atoms with Crippen LogP contribution in [0, 0.1) is 0 Å². The first-order chi connectivity index (χ1) is 10.3. The quantitative estimate of drug-likeness (QED) is 0.729. The van der Waals surface area contributed by atoms with Crippen LogP contribution < -0.4 is 11.1 Å². The number of rotatable bonds is 6. The maximum Gasteiger partial charge on any atom is 0.252 e. The second-order valence-electron chi connectivity index (χ2n) is 6.07. The first-order valence-corrected chi connectivity index (χ1v) is 7.27. The van der Waals surface area contributed by atoms with Crippen LogP contribution in [0.25, 0.3) is 0 Å². The molecule has 0 unspecified atom stereocenters. The summed E-state index contributed by atoms with van der Waals surface area (Å²) in [6.07, 6.45) is 0.587. The average molecular weight is 311 g/mol. The number of alkyl halides is 1. The van der Waals surface area contributed by atoms with Crippen molar-refractivity contribution in [2.24, 2.45) is 5.73 Å². The molecule has 122 valence electrons. The Morgan fingerprint density at radius 1 is 1.68 bits per heavy atom. The van der Waals surface area contributed by atoms with Crippen LogP contribution in [0.15, 0.2) is 12.3 Å². The van der Waals surface area contributed by atoms with E-state index in [0.717, 1.165) is 6.42 Å². The molecule has 0 bridgehead atoms. The summed E-state index contributed by atoms with van der Waals surface area (Å²) in [5, 5.41) is 12.9. The first kappa shape index (κ1) is 16.6. The van der Waals surface area contributed by atoms with Crippen molar-refractivity contribution in [1.82, 2.24) is 4.98 Å². The third kappa shape index (κ3) is 3.92. The van der Waals surface area contributed by atoms with E-state index in [-0.39, 0.29) is 23.7 Å². The van der Waals surface area contributed by atoms with Gasteiger partial charge in [0.1, 0.15) is 6.17 Å². The summed E-state index contributed by atoms with van der Waals surface area (Å²) in [5.41, 5.74) is 4.86. The lowest BCUT2D eigenvalue weighted by atomic mass is 9.96. The van der Waals surface area contributed by atoms with Crippen LogP contribution in [-0.4, -0.2) is 47.0 Å². The maximum atomic E-state index is 14.1. The Morgan fingerprint density at radius 3 is 2.95 bits per heavy atom. The number of amides is 1. The van der Waals surface area contributed by atoms with E-state index in [1.807, 2.05) is 0 Å². The van der Waals surface area contributed by atoms with Gasteiger partial charge in [-0.1, -0.05) is 0 Å². The molecular formula is C15H22FN3O3. The number of nitrogens with two attached hydrogens (primary N) is 1. The van der Waals surface area contributed by atoms with Crippen LogP contribution in [0.4, 0.5) is 10.1 Å². The fourth-order valence-electron chi connectivity index (χ4n) is 2.34. The van der Waals surface area contributed by atoms with Crippen molar-refractivity contribution >= 4 is 11.6 Å². The van der Waals surface area contributed by atoms with Gasteiger partial charge in [0, 0.05) is 19.2 Å². The van der Waals surface area contributed by atoms with Crippen molar-refractivity contribution in [3.05, 3.63) is 23.5 Å². The molecule has 22 heavy (non-hydrogen) atoms. The molecule has 1 aliphatic rings. The Balaban J connectivity index is 2.27. The number of halogens is 1. The minimum Gasteiger partial charge on any atom is -0.387 e. The molecule has 1 aliphatic heterocycles. The first-order valence-electron chi connectivity index (χ1n) is 7.27. The highest BCUT2D eigenvalue weighted by atomic mass is 19.1. The summed E-state index contributed by atoms with van der Waals surface area (Å²) in [4.78, 5) is 15.8. The summed E-state index contributed by atoms with van der Waals surface area (Å²) < 4.78 is 19.4. The minimum absolute atomic E-state index is 0.0869. The summed E-state index contributed by atoms with van der Waals surface area (Å²) >= 11 is 0. The Hall–Kier alpha value is -1.73. The zero-order chi connectivity index (χ0) is 16.3. The lowest BCUT2D eigenvalue weighted by Crippen LogP contribution is -2.35. The van der Waals surface area contributed by atoms with E-state index in [2.05, 4.69) is 10.3 Å². The third-order valence-electron chi connectivity index (χ3n) is 3.70. The second-order valence-corrected chi connectivity index (χ2v) is 6.07. The number of hydrogen-bond acceptors (Lipinski definition) is 5. The number of hydrogen-bond donors (Lipinski definition) is 3. The standard InChI is InChI=1S/C15H22FN3O3/c1-15(2,21)12(16)7-11-13(14(17)20)10(3-5-18-11)19-9-4-6-22-8-9/h3,5,9,12,21H,4,6-8H2,1-2H3,(H2,17,20)(H,18,19)/t9-,12-/m1/s1. The van der Waals surface area contributed by atoms with E-state index < -0.39 is 17.7 Å². The zero-order valence-electron chi connectivity index (χ0n) is 12.8. The molecule has 2 rings (SSSR count). The van der Waals surface area contributed by atoms with Crippen LogP contribution in [0.2, 0.25) is 0 Å². The van der Waals surface area contributed by atoms with E-state index >= 15 is 0 Å². The average Bonchev–Trinajstić information content (AvgIpc) is 2.90. The van der Waals surface area contributed by atoms with Crippen LogP contribution in [0.5, 0.6) is 0 Å². The van der Waals surface area contributed by atoms with E-state index in [1.165, 1.54) is 20.0 Å². The number of carbonyl (C=O) groups is 1. The van der Waals surface area contributed by atoms with Crippen molar-refractivity contribution in [2.75, 3.05) is 18.5 Å². The van der Waals surface area contributed by atoms with Gasteiger partial charge in [-0.15, -0.1) is 0 Å². The van der Waals surface area contributed by atoms with Gasteiger partial charge < -0.3 is 20.9 Å². The topological polar surface area (TPSA) is 97.5 Å². The molecular weight excluding hydrogens is 289 g/mol. The molecule has 0 aromatic carbocycles. The summed E-state index contributed by atoms with van der Waals surface area (Å²) in [7, 11) is 0. The zero-order valence-corrected chi connectivity index (χ0v) is 12.8. The van der Waals surface area contributed by atoms with Crippen LogP contribution in [-0.2, 0) is 11.2 Å². The summed E-state index contributed by atoms with van der Waals surface area (Å²) in [5.74, 6) is -0.674. The van der Waals surface area contributed by atoms with E-state index in [9.17, 15) is 14.3 Å². The van der Waals surface area contributed by atoms with Gasteiger partial charge in [0.2, 0.25) is 0 Å². The lowest BCUT2D eigenvalue weighted by Gasteiger charge is -2.23. The Morgan fingerprint density at radius 2 is 2.41 bits per heavy atom. The van der Waals surface area contributed by atoms with Crippen molar-refractivity contribution in [1.29, 1.82) is 0 Å². The molecule has 0 radical (unpaired) electrons. The number of aromatic nitrogens is 1. The van der Waals surface area contributed by atoms with Crippen molar-refractivity contribution < 1.29 is 19.0 Å². The SMILES string of the molecule is CC(C)(O)[C@H](F)Cc1nccc(N[C@@H]2CCOC2)c1C(N)=O. The smallest absolute Gasteiger partial charge is 0.252 e. The van der Waals surface area contributed by atoms with Gasteiger partial charge in [0.15, 0.2) is 0 Å². The molecule has 4 N–H and O–H groups in total. The van der Waals surface area contributed by atoms with Crippen molar-refractivity contribution in [3.63, 3.8) is 0 Å². The van der Waals surface area contributed by atoms with Gasteiger partial charge in [-0.2, -0.15) is 0 Å². The van der Waals surface area contributed by atoms with Crippen LogP contribution >= 0.6 is 0 Å². The molecule has 7 heteroatoms. The second kappa shape index (κ2) is 6.58. The summed E-state index contributed by atoms with van der Waals surface area (Å²) in [6.45, 7) is 3.96. The van der Waals surface area contributed by atoms with Crippen molar-refractivity contribution in [2.45, 2.75) is 44.5 Å². The highest BCUT2D eigenvalue weighted by molar-refractivity contribution is 5.99. The fourth-order valence-corrected chi connectivity index (χ4v) is 2.34. The molecule has 1 saturated heterocycles. The largest absolute Gasteiger partial charge is 0.387 e. The number of ether oxygens (including phenoxy) is 1. The highest BCUT2D eigenvalue weighted by Gasteiger charge is 2.29. The lowest BCUT2D eigenvalue weighted by molar-refractivity contribution is -0.00307. The van der Waals surface area contributed by atoms with Crippen LogP contribution in [0.3, 0.4) is 0 Å². The molecule has 2 atom stereocenters. The highest BCUT2D eigenvalue weighted by Crippen LogP contribution is 2.24. The molecule has 1 fully saturated rings. The van der Waals surface area contributed by atoms with Gasteiger partial charge >= 0.3 is 0 Å². The molecule has 1 amide bonds. The van der Waals surface area contributed by atoms with Crippen LogP contribution in [0.1, 0.15) is 36.3 Å². The van der Waals surface area contributed by atoms with E-state index in [0.29, 0.717) is 18.9 Å². The van der Waals surface area contributed by atoms with E-state index in [4.69, 9.17) is 10.5 Å². The van der Waals surface area contributed by atoms with Gasteiger partial charge in [-0.3, -0.25) is 9.78 Å². The molecule has 6 nitrogen and oxygen atoms in total. The monoisotopic (exact) mass is 311 g/mol. The van der Waals surface area contributed by atoms with Gasteiger partial charge in [-0.05, 0) is 26.3 Å². The van der Waals surface area contributed by atoms with Gasteiger partial charge in [0.05, 0.1) is 35.2 Å². The Labute approximate surface area is 128 Å². The number of nitrogens with one attached hydrogen (secondary N) is 1. The number of aliphatic hydroxyl groups is 1. The number of nitrogens with zero attached hydrogens (tertiary/aromatic N) is 1. The maximum absolute atomic E-state index is 14.1.